The van der Waals surface area contributed by atoms with Gasteiger partial charge < -0.3 is 19.5 Å². The summed E-state index contributed by atoms with van der Waals surface area (Å²) in [4.78, 5) is 12.3. The second-order valence-corrected chi connectivity index (χ2v) is 6.08. The molecule has 5 heteroatoms. The highest BCUT2D eigenvalue weighted by Crippen LogP contribution is 2.17. The Kier molecular flexibility index (Phi) is 6.90. The van der Waals surface area contributed by atoms with E-state index in [9.17, 15) is 4.79 Å². The van der Waals surface area contributed by atoms with Gasteiger partial charge in [-0.05, 0) is 48.0 Å². The fraction of sp³-hybridized carbons (Fsp3) is 0.174. The fourth-order valence-electron chi connectivity index (χ4n) is 2.58. The van der Waals surface area contributed by atoms with Crippen molar-refractivity contribution in [2.45, 2.75) is 6.61 Å². The van der Waals surface area contributed by atoms with E-state index in [2.05, 4.69) is 5.32 Å². The molecular formula is C23H23NO4. The van der Waals surface area contributed by atoms with Gasteiger partial charge in [-0.2, -0.15) is 0 Å². The van der Waals surface area contributed by atoms with Gasteiger partial charge in [-0.1, -0.05) is 36.4 Å². The van der Waals surface area contributed by atoms with Crippen LogP contribution < -0.4 is 19.5 Å². The lowest BCUT2D eigenvalue weighted by Crippen LogP contribution is -2.28. The van der Waals surface area contributed by atoms with E-state index in [0.717, 1.165) is 17.1 Å². The SMILES string of the molecule is COc1ccc(OCCNC(=O)c2cccc(OCc3ccccc3)c2)cc1. The Labute approximate surface area is 164 Å². The van der Waals surface area contributed by atoms with E-state index < -0.39 is 0 Å². The minimum atomic E-state index is -0.163. The molecule has 5 nitrogen and oxygen atoms in total. The summed E-state index contributed by atoms with van der Waals surface area (Å²) in [5, 5.41) is 2.85. The molecule has 0 radical (unpaired) electrons. The first kappa shape index (κ1) is 19.3. The van der Waals surface area contributed by atoms with Gasteiger partial charge in [-0.15, -0.1) is 0 Å². The molecule has 3 aromatic rings. The molecule has 144 valence electrons. The molecule has 28 heavy (non-hydrogen) atoms. The normalized spacial score (nSPS) is 10.2. The minimum absolute atomic E-state index is 0.163. The molecule has 0 aromatic heterocycles. The van der Waals surface area contributed by atoms with Crippen molar-refractivity contribution < 1.29 is 19.0 Å². The largest absolute Gasteiger partial charge is 0.497 e. The molecule has 0 saturated carbocycles. The Hall–Kier alpha value is -3.47. The summed E-state index contributed by atoms with van der Waals surface area (Å²) in [7, 11) is 1.62. The summed E-state index contributed by atoms with van der Waals surface area (Å²) in [6, 6.07) is 24.4. The molecule has 1 amide bonds. The molecular weight excluding hydrogens is 354 g/mol. The molecule has 0 saturated heterocycles. The van der Waals surface area contributed by atoms with Crippen LogP contribution in [0.5, 0.6) is 17.2 Å². The van der Waals surface area contributed by atoms with Gasteiger partial charge in [0.15, 0.2) is 0 Å². The molecule has 0 aliphatic heterocycles. The number of hydrogen-bond donors (Lipinski definition) is 1. The summed E-state index contributed by atoms with van der Waals surface area (Å²) in [5.41, 5.74) is 1.63. The van der Waals surface area contributed by atoms with Crippen LogP contribution in [0, 0.1) is 0 Å². The van der Waals surface area contributed by atoms with Crippen LogP contribution in [0.3, 0.4) is 0 Å². The van der Waals surface area contributed by atoms with Crippen LogP contribution in [0.1, 0.15) is 15.9 Å². The van der Waals surface area contributed by atoms with Crippen LogP contribution >= 0.6 is 0 Å². The number of carbonyl (C=O) groups is 1. The molecule has 0 aliphatic carbocycles. The Morgan fingerprint density at radius 1 is 0.821 bits per heavy atom. The van der Waals surface area contributed by atoms with Gasteiger partial charge in [-0.25, -0.2) is 0 Å². The van der Waals surface area contributed by atoms with Crippen molar-refractivity contribution in [2.24, 2.45) is 0 Å². The van der Waals surface area contributed by atoms with Gasteiger partial charge in [0.25, 0.3) is 5.91 Å². The van der Waals surface area contributed by atoms with Crippen molar-refractivity contribution in [3.63, 3.8) is 0 Å². The Morgan fingerprint density at radius 2 is 1.57 bits per heavy atom. The first-order valence-corrected chi connectivity index (χ1v) is 9.06. The molecule has 0 atom stereocenters. The smallest absolute Gasteiger partial charge is 0.251 e. The van der Waals surface area contributed by atoms with Crippen LogP contribution in [-0.2, 0) is 6.61 Å². The maximum atomic E-state index is 12.3. The second kappa shape index (κ2) is 10.0. The molecule has 3 aromatic carbocycles. The molecule has 0 heterocycles. The topological polar surface area (TPSA) is 56.8 Å². The number of methoxy groups -OCH3 is 1. The van der Waals surface area contributed by atoms with E-state index in [-0.39, 0.29) is 5.91 Å². The Bertz CT molecular complexity index is 879. The van der Waals surface area contributed by atoms with Crippen molar-refractivity contribution in [3.8, 4) is 17.2 Å². The van der Waals surface area contributed by atoms with Crippen molar-refractivity contribution in [3.05, 3.63) is 90.0 Å². The van der Waals surface area contributed by atoms with Crippen LogP contribution in [0.15, 0.2) is 78.9 Å². The molecule has 0 bridgehead atoms. The lowest BCUT2D eigenvalue weighted by Gasteiger charge is -2.10. The van der Waals surface area contributed by atoms with Gasteiger partial charge in [0.1, 0.15) is 30.5 Å². The van der Waals surface area contributed by atoms with Gasteiger partial charge >= 0.3 is 0 Å². The Morgan fingerprint density at radius 3 is 2.32 bits per heavy atom. The van der Waals surface area contributed by atoms with Crippen LogP contribution in [0.2, 0.25) is 0 Å². The van der Waals surface area contributed by atoms with E-state index in [1.54, 1.807) is 19.2 Å². The fourth-order valence-corrected chi connectivity index (χ4v) is 2.58. The van der Waals surface area contributed by atoms with Gasteiger partial charge in [-0.3, -0.25) is 4.79 Å². The maximum absolute atomic E-state index is 12.3. The van der Waals surface area contributed by atoms with Crippen molar-refractivity contribution in [1.82, 2.24) is 5.32 Å². The number of benzene rings is 3. The molecule has 0 unspecified atom stereocenters. The second-order valence-electron chi connectivity index (χ2n) is 6.08. The van der Waals surface area contributed by atoms with E-state index in [1.165, 1.54) is 0 Å². The third kappa shape index (κ3) is 5.77. The van der Waals surface area contributed by atoms with Gasteiger partial charge in [0.2, 0.25) is 0 Å². The Balaban J connectivity index is 1.44. The standard InChI is InChI=1S/C23H23NO4/c1-26-20-10-12-21(13-11-20)27-15-14-24-23(25)19-8-5-9-22(16-19)28-17-18-6-3-2-4-7-18/h2-13,16H,14-15,17H2,1H3,(H,24,25). The average molecular weight is 377 g/mol. The number of nitrogens with one attached hydrogen (secondary N) is 1. The third-order valence-corrected chi connectivity index (χ3v) is 4.06. The predicted molar refractivity (Wildman–Crippen MR) is 108 cm³/mol. The highest BCUT2D eigenvalue weighted by Gasteiger charge is 2.07. The van der Waals surface area contributed by atoms with E-state index in [0.29, 0.717) is 31.1 Å². The predicted octanol–water partition coefficient (Wildman–Crippen LogP) is 4.08. The van der Waals surface area contributed by atoms with Crippen LogP contribution in [0.4, 0.5) is 0 Å². The zero-order valence-electron chi connectivity index (χ0n) is 15.8. The maximum Gasteiger partial charge on any atom is 0.251 e. The molecule has 0 spiro atoms. The summed E-state index contributed by atoms with van der Waals surface area (Å²) < 4.78 is 16.5. The van der Waals surface area contributed by atoms with Crippen molar-refractivity contribution in [2.75, 3.05) is 20.3 Å². The lowest BCUT2D eigenvalue weighted by molar-refractivity contribution is 0.0946. The van der Waals surface area contributed by atoms with E-state index in [4.69, 9.17) is 14.2 Å². The van der Waals surface area contributed by atoms with Gasteiger partial charge in [0, 0.05) is 5.56 Å². The van der Waals surface area contributed by atoms with Crippen molar-refractivity contribution >= 4 is 5.91 Å². The first-order chi connectivity index (χ1) is 13.7. The average Bonchev–Trinajstić information content (AvgIpc) is 2.76. The molecule has 0 fully saturated rings. The highest BCUT2D eigenvalue weighted by atomic mass is 16.5. The summed E-state index contributed by atoms with van der Waals surface area (Å²) in [6.45, 7) is 1.24. The number of amides is 1. The molecule has 1 N–H and O–H groups in total. The zero-order valence-corrected chi connectivity index (χ0v) is 15.8. The zero-order chi connectivity index (χ0) is 19.6. The first-order valence-electron chi connectivity index (χ1n) is 9.06. The third-order valence-electron chi connectivity index (χ3n) is 4.06. The number of carbonyl (C=O) groups excluding carboxylic acids is 1. The summed E-state index contributed by atoms with van der Waals surface area (Å²) in [5.74, 6) is 2.00. The van der Waals surface area contributed by atoms with E-state index in [1.807, 2.05) is 66.7 Å². The summed E-state index contributed by atoms with van der Waals surface area (Å²) in [6.07, 6.45) is 0. The summed E-state index contributed by atoms with van der Waals surface area (Å²) >= 11 is 0. The number of ether oxygens (including phenoxy) is 3. The molecule has 0 aliphatic rings. The minimum Gasteiger partial charge on any atom is -0.497 e. The van der Waals surface area contributed by atoms with Crippen LogP contribution in [0.25, 0.3) is 0 Å². The quantitative estimate of drug-likeness (QED) is 0.571. The monoisotopic (exact) mass is 377 g/mol. The lowest BCUT2D eigenvalue weighted by atomic mass is 10.2. The van der Waals surface area contributed by atoms with Gasteiger partial charge in [0.05, 0.1) is 13.7 Å². The molecule has 3 rings (SSSR count). The van der Waals surface area contributed by atoms with Crippen LogP contribution in [-0.4, -0.2) is 26.2 Å². The number of rotatable bonds is 9. The van der Waals surface area contributed by atoms with Crippen molar-refractivity contribution in [1.29, 1.82) is 0 Å². The number of hydrogen-bond acceptors (Lipinski definition) is 4. The van der Waals surface area contributed by atoms with E-state index >= 15 is 0 Å². The highest BCUT2D eigenvalue weighted by molar-refractivity contribution is 5.94.